The molecule has 0 unspecified atom stereocenters. The van der Waals surface area contributed by atoms with Crippen molar-refractivity contribution in [3.63, 3.8) is 0 Å². The number of carbonyl (C=O) groups excluding carboxylic acids is 2. The van der Waals surface area contributed by atoms with Crippen LogP contribution in [0.4, 0.5) is 5.69 Å². The van der Waals surface area contributed by atoms with E-state index in [0.717, 1.165) is 22.5 Å². The molecule has 94 valence electrons. The van der Waals surface area contributed by atoms with Crippen molar-refractivity contribution in [1.29, 1.82) is 0 Å². The molecule has 3 N–H and O–H groups in total. The van der Waals surface area contributed by atoms with Crippen LogP contribution in [0, 0.1) is 6.92 Å². The molecular formula is C13H15N3O2. The van der Waals surface area contributed by atoms with E-state index in [1.807, 2.05) is 25.1 Å². The Bertz CT molecular complexity index is 509. The Morgan fingerprint density at radius 2 is 2.28 bits per heavy atom. The molecule has 1 heterocycles. The van der Waals surface area contributed by atoms with Crippen LogP contribution in [-0.2, 0) is 16.1 Å². The molecule has 0 aromatic heterocycles. The Kier molecular flexibility index (Phi) is 3.62. The number of aryl methyl sites for hydroxylation is 1. The molecule has 5 nitrogen and oxygen atoms in total. The van der Waals surface area contributed by atoms with Crippen LogP contribution in [0.2, 0.25) is 0 Å². The van der Waals surface area contributed by atoms with Crippen LogP contribution in [-0.4, -0.2) is 18.9 Å². The van der Waals surface area contributed by atoms with Gasteiger partial charge in [0.1, 0.15) is 0 Å². The van der Waals surface area contributed by atoms with Gasteiger partial charge in [-0.2, -0.15) is 0 Å². The zero-order chi connectivity index (χ0) is 13.0. The van der Waals surface area contributed by atoms with E-state index in [1.165, 1.54) is 0 Å². The first-order valence-electron chi connectivity index (χ1n) is 5.71. The van der Waals surface area contributed by atoms with E-state index >= 15 is 0 Å². The minimum absolute atomic E-state index is 0.0764. The first-order valence-corrected chi connectivity index (χ1v) is 5.71. The number of benzene rings is 1. The van der Waals surface area contributed by atoms with E-state index in [2.05, 4.69) is 16.0 Å². The Morgan fingerprint density at radius 3 is 2.94 bits per heavy atom. The van der Waals surface area contributed by atoms with Crippen LogP contribution >= 0.6 is 0 Å². The van der Waals surface area contributed by atoms with Crippen LogP contribution in [0.1, 0.15) is 11.1 Å². The number of rotatable bonds is 5. The molecule has 18 heavy (non-hydrogen) atoms. The van der Waals surface area contributed by atoms with Gasteiger partial charge >= 0.3 is 0 Å². The van der Waals surface area contributed by atoms with E-state index in [4.69, 9.17) is 0 Å². The molecule has 1 aliphatic heterocycles. The van der Waals surface area contributed by atoms with Crippen molar-refractivity contribution in [1.82, 2.24) is 10.6 Å². The SMILES string of the molecule is Cc1ccc(NC2=CC(=O)NC2)cc1CNC=O. The zero-order valence-corrected chi connectivity index (χ0v) is 10.1. The lowest BCUT2D eigenvalue weighted by molar-refractivity contribution is -0.115. The number of hydrogen-bond acceptors (Lipinski definition) is 3. The molecule has 1 aromatic rings. The Hall–Kier alpha value is -2.30. The molecule has 0 atom stereocenters. The normalized spacial score (nSPS) is 13.8. The Labute approximate surface area is 105 Å². The number of amides is 2. The largest absolute Gasteiger partial charge is 0.357 e. The molecular weight excluding hydrogens is 230 g/mol. The second kappa shape index (κ2) is 5.35. The predicted octanol–water partition coefficient (Wildman–Crippen LogP) is 0.667. The van der Waals surface area contributed by atoms with Gasteiger partial charge in [0.2, 0.25) is 12.3 Å². The summed E-state index contributed by atoms with van der Waals surface area (Å²) in [4.78, 5) is 21.3. The fourth-order valence-electron chi connectivity index (χ4n) is 1.80. The maximum absolute atomic E-state index is 11.0. The van der Waals surface area contributed by atoms with Crippen LogP contribution in [0.5, 0.6) is 0 Å². The molecule has 5 heteroatoms. The molecule has 0 aliphatic carbocycles. The summed E-state index contributed by atoms with van der Waals surface area (Å²) in [6.07, 6.45) is 2.23. The van der Waals surface area contributed by atoms with E-state index in [9.17, 15) is 9.59 Å². The lowest BCUT2D eigenvalue weighted by atomic mass is 10.1. The molecule has 2 amide bonds. The van der Waals surface area contributed by atoms with Crippen LogP contribution in [0.15, 0.2) is 30.0 Å². The van der Waals surface area contributed by atoms with Gasteiger partial charge in [0, 0.05) is 24.0 Å². The van der Waals surface area contributed by atoms with Crippen LogP contribution < -0.4 is 16.0 Å². The summed E-state index contributed by atoms with van der Waals surface area (Å²) >= 11 is 0. The fourth-order valence-corrected chi connectivity index (χ4v) is 1.80. The molecule has 1 aliphatic rings. The van der Waals surface area contributed by atoms with Crippen LogP contribution in [0.25, 0.3) is 0 Å². The van der Waals surface area contributed by atoms with Gasteiger partial charge in [-0.05, 0) is 30.2 Å². The molecule has 0 saturated carbocycles. The Balaban J connectivity index is 2.11. The number of anilines is 1. The monoisotopic (exact) mass is 245 g/mol. The van der Waals surface area contributed by atoms with Gasteiger partial charge in [0.05, 0.1) is 6.54 Å². The molecule has 0 radical (unpaired) electrons. The van der Waals surface area contributed by atoms with Gasteiger partial charge in [-0.1, -0.05) is 6.07 Å². The number of carbonyl (C=O) groups is 2. The third kappa shape index (κ3) is 2.88. The molecule has 2 rings (SSSR count). The highest BCUT2D eigenvalue weighted by molar-refractivity contribution is 5.91. The van der Waals surface area contributed by atoms with Gasteiger partial charge in [0.25, 0.3) is 0 Å². The minimum Gasteiger partial charge on any atom is -0.357 e. The van der Waals surface area contributed by atoms with E-state index in [0.29, 0.717) is 19.5 Å². The van der Waals surface area contributed by atoms with Gasteiger partial charge in [-0.15, -0.1) is 0 Å². The smallest absolute Gasteiger partial charge is 0.246 e. The summed E-state index contributed by atoms with van der Waals surface area (Å²) in [5.41, 5.74) is 3.92. The van der Waals surface area contributed by atoms with Crippen molar-refractivity contribution in [3.05, 3.63) is 41.1 Å². The number of nitrogens with one attached hydrogen (secondary N) is 3. The average molecular weight is 245 g/mol. The van der Waals surface area contributed by atoms with Gasteiger partial charge in [0.15, 0.2) is 0 Å². The first kappa shape index (κ1) is 12.2. The lowest BCUT2D eigenvalue weighted by Crippen LogP contribution is -2.16. The highest BCUT2D eigenvalue weighted by Gasteiger charge is 2.10. The maximum atomic E-state index is 11.0. The quantitative estimate of drug-likeness (QED) is 0.668. The second-order valence-electron chi connectivity index (χ2n) is 4.15. The summed E-state index contributed by atoms with van der Waals surface area (Å²) in [6, 6.07) is 5.90. The highest BCUT2D eigenvalue weighted by atomic mass is 16.1. The van der Waals surface area contributed by atoms with Crippen molar-refractivity contribution >= 4 is 18.0 Å². The summed E-state index contributed by atoms with van der Waals surface area (Å²) in [5, 5.41) is 8.52. The summed E-state index contributed by atoms with van der Waals surface area (Å²) < 4.78 is 0. The van der Waals surface area contributed by atoms with Crippen molar-refractivity contribution < 1.29 is 9.59 Å². The lowest BCUT2D eigenvalue weighted by Gasteiger charge is -2.11. The van der Waals surface area contributed by atoms with E-state index in [-0.39, 0.29) is 5.91 Å². The first-order chi connectivity index (χ1) is 8.69. The standard InChI is InChI=1S/C13H15N3O2/c1-9-2-3-11(4-10(9)6-14-8-17)16-12-5-13(18)15-7-12/h2-5,8,16H,6-7H2,1H3,(H,14,17)(H,15,18). The van der Waals surface area contributed by atoms with E-state index in [1.54, 1.807) is 6.08 Å². The third-order valence-electron chi connectivity index (χ3n) is 2.79. The molecule has 0 saturated heterocycles. The summed E-state index contributed by atoms with van der Waals surface area (Å²) in [6.45, 7) is 3.02. The third-order valence-corrected chi connectivity index (χ3v) is 2.79. The molecule has 0 fully saturated rings. The Morgan fingerprint density at radius 1 is 1.44 bits per heavy atom. The van der Waals surface area contributed by atoms with Crippen molar-refractivity contribution in [2.75, 3.05) is 11.9 Å². The molecule has 0 bridgehead atoms. The highest BCUT2D eigenvalue weighted by Crippen LogP contribution is 2.17. The second-order valence-corrected chi connectivity index (χ2v) is 4.15. The fraction of sp³-hybridized carbons (Fsp3) is 0.231. The summed E-state index contributed by atoms with van der Waals surface area (Å²) in [7, 11) is 0. The van der Waals surface area contributed by atoms with Gasteiger partial charge in [-0.25, -0.2) is 0 Å². The minimum atomic E-state index is -0.0764. The van der Waals surface area contributed by atoms with Gasteiger partial charge in [-0.3, -0.25) is 9.59 Å². The molecule has 0 spiro atoms. The number of hydrogen-bond donors (Lipinski definition) is 3. The van der Waals surface area contributed by atoms with Crippen molar-refractivity contribution in [3.8, 4) is 0 Å². The zero-order valence-electron chi connectivity index (χ0n) is 10.1. The van der Waals surface area contributed by atoms with Crippen molar-refractivity contribution in [2.24, 2.45) is 0 Å². The average Bonchev–Trinajstić information content (AvgIpc) is 2.75. The maximum Gasteiger partial charge on any atom is 0.246 e. The predicted molar refractivity (Wildman–Crippen MR) is 68.8 cm³/mol. The van der Waals surface area contributed by atoms with Crippen LogP contribution in [0.3, 0.4) is 0 Å². The summed E-state index contributed by atoms with van der Waals surface area (Å²) in [5.74, 6) is -0.0764. The molecule has 1 aromatic carbocycles. The van der Waals surface area contributed by atoms with Crippen molar-refractivity contribution in [2.45, 2.75) is 13.5 Å². The topological polar surface area (TPSA) is 70.2 Å². The van der Waals surface area contributed by atoms with E-state index < -0.39 is 0 Å². The van der Waals surface area contributed by atoms with Gasteiger partial charge < -0.3 is 16.0 Å².